The van der Waals surface area contributed by atoms with Gasteiger partial charge in [-0.05, 0) is 34.6 Å². The summed E-state index contributed by atoms with van der Waals surface area (Å²) in [7, 11) is 1.14. The van der Waals surface area contributed by atoms with Crippen LogP contribution in [-0.4, -0.2) is 71.7 Å². The second-order valence-electron chi connectivity index (χ2n) is 6.89. The minimum Gasteiger partial charge on any atom is -0.467 e. The van der Waals surface area contributed by atoms with E-state index in [9.17, 15) is 19.5 Å². The van der Waals surface area contributed by atoms with Gasteiger partial charge in [0.25, 0.3) is 0 Å². The molecule has 2 unspecified atom stereocenters. The van der Waals surface area contributed by atoms with E-state index >= 15 is 0 Å². The number of carbonyl (C=O) groups excluding carboxylic acids is 3. The highest BCUT2D eigenvalue weighted by Gasteiger charge is 2.49. The highest BCUT2D eigenvalue weighted by atomic mass is 16.6. The SMILES string of the molecule is COC(=O)C(CO)NC(=O)C1COC(C)(C)N1C(=O)OC(C)(C)C. The summed E-state index contributed by atoms with van der Waals surface area (Å²) in [6.07, 6.45) is -0.705. The molecule has 0 aliphatic carbocycles. The molecule has 9 heteroatoms. The number of aliphatic hydroxyl groups excluding tert-OH is 1. The molecule has 138 valence electrons. The van der Waals surface area contributed by atoms with Crippen molar-refractivity contribution in [3.63, 3.8) is 0 Å². The molecule has 2 amide bonds. The summed E-state index contributed by atoms with van der Waals surface area (Å²) in [5.41, 5.74) is -1.79. The average Bonchev–Trinajstić information content (AvgIpc) is 2.77. The van der Waals surface area contributed by atoms with E-state index in [0.29, 0.717) is 0 Å². The maximum absolute atomic E-state index is 12.4. The smallest absolute Gasteiger partial charge is 0.413 e. The van der Waals surface area contributed by atoms with Gasteiger partial charge in [-0.1, -0.05) is 0 Å². The van der Waals surface area contributed by atoms with Crippen LogP contribution in [0.3, 0.4) is 0 Å². The molecule has 0 radical (unpaired) electrons. The lowest BCUT2D eigenvalue weighted by molar-refractivity contribution is -0.146. The Bertz CT molecular complexity index is 499. The van der Waals surface area contributed by atoms with Crippen LogP contribution < -0.4 is 5.32 Å². The zero-order valence-corrected chi connectivity index (χ0v) is 14.9. The minimum atomic E-state index is -1.22. The van der Waals surface area contributed by atoms with E-state index in [1.807, 2.05) is 0 Å². The number of hydrogen-bond donors (Lipinski definition) is 2. The fourth-order valence-electron chi connectivity index (χ4n) is 2.24. The molecule has 0 spiro atoms. The molecule has 0 saturated carbocycles. The zero-order chi connectivity index (χ0) is 18.7. The summed E-state index contributed by atoms with van der Waals surface area (Å²) in [6, 6.07) is -2.21. The second kappa shape index (κ2) is 7.35. The van der Waals surface area contributed by atoms with Gasteiger partial charge >= 0.3 is 12.1 Å². The first kappa shape index (κ1) is 20.2. The summed E-state index contributed by atoms with van der Waals surface area (Å²) in [4.78, 5) is 37.6. The molecular formula is C15H26N2O7. The zero-order valence-electron chi connectivity index (χ0n) is 14.9. The van der Waals surface area contributed by atoms with Gasteiger partial charge in [-0.2, -0.15) is 0 Å². The molecule has 2 atom stereocenters. The number of carbonyl (C=O) groups is 3. The molecule has 1 saturated heterocycles. The van der Waals surface area contributed by atoms with Gasteiger partial charge in [-0.15, -0.1) is 0 Å². The molecule has 1 heterocycles. The summed E-state index contributed by atoms with van der Waals surface area (Å²) in [5, 5.41) is 11.5. The molecule has 1 aliphatic rings. The van der Waals surface area contributed by atoms with Crippen molar-refractivity contribution < 1.29 is 33.7 Å². The predicted molar refractivity (Wildman–Crippen MR) is 82.9 cm³/mol. The first-order valence-corrected chi connectivity index (χ1v) is 7.58. The van der Waals surface area contributed by atoms with Crippen LogP contribution in [0.25, 0.3) is 0 Å². The summed E-state index contributed by atoms with van der Waals surface area (Å²) >= 11 is 0. The normalized spacial score (nSPS) is 21.1. The minimum absolute atomic E-state index is 0.0581. The Morgan fingerprint density at radius 3 is 2.42 bits per heavy atom. The van der Waals surface area contributed by atoms with Crippen molar-refractivity contribution >= 4 is 18.0 Å². The van der Waals surface area contributed by atoms with E-state index in [2.05, 4.69) is 10.1 Å². The van der Waals surface area contributed by atoms with Crippen LogP contribution in [0.15, 0.2) is 0 Å². The van der Waals surface area contributed by atoms with Crippen LogP contribution in [0.5, 0.6) is 0 Å². The Morgan fingerprint density at radius 1 is 1.38 bits per heavy atom. The quantitative estimate of drug-likeness (QED) is 0.689. The van der Waals surface area contributed by atoms with Crippen LogP contribution in [0.1, 0.15) is 34.6 Å². The molecule has 1 rings (SSSR count). The topological polar surface area (TPSA) is 114 Å². The standard InChI is InChI=1S/C15H26N2O7/c1-14(2,3)24-13(21)17-10(8-23-15(17,4)5)11(19)16-9(7-18)12(20)22-6/h9-10,18H,7-8H2,1-6H3,(H,16,19). The van der Waals surface area contributed by atoms with Crippen LogP contribution in [0, 0.1) is 0 Å². The number of hydrogen-bond acceptors (Lipinski definition) is 7. The Kier molecular flexibility index (Phi) is 6.18. The third kappa shape index (κ3) is 4.81. The first-order chi connectivity index (χ1) is 10.9. The van der Waals surface area contributed by atoms with Crippen molar-refractivity contribution in [2.24, 2.45) is 0 Å². The van der Waals surface area contributed by atoms with Crippen molar-refractivity contribution in [3.8, 4) is 0 Å². The van der Waals surface area contributed by atoms with Crippen LogP contribution >= 0.6 is 0 Å². The van der Waals surface area contributed by atoms with Crippen molar-refractivity contribution in [1.82, 2.24) is 10.2 Å². The van der Waals surface area contributed by atoms with Crippen molar-refractivity contribution in [2.75, 3.05) is 20.3 Å². The van der Waals surface area contributed by atoms with Crippen LogP contribution in [-0.2, 0) is 23.8 Å². The lowest BCUT2D eigenvalue weighted by Crippen LogP contribution is -2.57. The van der Waals surface area contributed by atoms with E-state index in [1.165, 1.54) is 4.90 Å². The van der Waals surface area contributed by atoms with Gasteiger partial charge in [0.05, 0.1) is 20.3 Å². The number of rotatable bonds is 4. The fourth-order valence-corrected chi connectivity index (χ4v) is 2.24. The number of amides is 2. The number of esters is 1. The maximum Gasteiger partial charge on any atom is 0.413 e. The number of aliphatic hydroxyl groups is 1. The lowest BCUT2D eigenvalue weighted by Gasteiger charge is -2.34. The number of nitrogens with one attached hydrogen (secondary N) is 1. The average molecular weight is 346 g/mol. The highest BCUT2D eigenvalue weighted by molar-refractivity contribution is 5.90. The molecule has 9 nitrogen and oxygen atoms in total. The largest absolute Gasteiger partial charge is 0.467 e. The predicted octanol–water partition coefficient (Wildman–Crippen LogP) is 0.00850. The third-order valence-corrected chi connectivity index (χ3v) is 3.36. The third-order valence-electron chi connectivity index (χ3n) is 3.36. The maximum atomic E-state index is 12.4. The molecule has 24 heavy (non-hydrogen) atoms. The van der Waals surface area contributed by atoms with Gasteiger partial charge in [-0.3, -0.25) is 9.69 Å². The van der Waals surface area contributed by atoms with Gasteiger partial charge in [0, 0.05) is 0 Å². The molecular weight excluding hydrogens is 320 g/mol. The first-order valence-electron chi connectivity index (χ1n) is 7.58. The van der Waals surface area contributed by atoms with Crippen LogP contribution in [0.2, 0.25) is 0 Å². The molecule has 0 aromatic carbocycles. The van der Waals surface area contributed by atoms with Gasteiger partial charge < -0.3 is 24.6 Å². The number of methoxy groups -OCH3 is 1. The molecule has 0 aromatic rings. The van der Waals surface area contributed by atoms with Gasteiger partial charge in [0.15, 0.2) is 6.04 Å². The highest BCUT2D eigenvalue weighted by Crippen LogP contribution is 2.29. The molecule has 0 bridgehead atoms. The van der Waals surface area contributed by atoms with E-state index in [1.54, 1.807) is 34.6 Å². The van der Waals surface area contributed by atoms with E-state index < -0.39 is 48.0 Å². The van der Waals surface area contributed by atoms with Crippen molar-refractivity contribution in [1.29, 1.82) is 0 Å². The van der Waals surface area contributed by atoms with Gasteiger partial charge in [0.1, 0.15) is 17.4 Å². The number of ether oxygens (including phenoxy) is 3. The Labute approximate surface area is 141 Å². The second-order valence-corrected chi connectivity index (χ2v) is 6.89. The molecule has 0 aromatic heterocycles. The van der Waals surface area contributed by atoms with Crippen molar-refractivity contribution in [3.05, 3.63) is 0 Å². The summed E-state index contributed by atoms with van der Waals surface area (Å²) < 4.78 is 15.3. The molecule has 1 fully saturated rings. The monoisotopic (exact) mass is 346 g/mol. The van der Waals surface area contributed by atoms with E-state index in [0.717, 1.165) is 7.11 Å². The molecule has 2 N–H and O–H groups in total. The van der Waals surface area contributed by atoms with E-state index in [-0.39, 0.29) is 6.61 Å². The summed E-state index contributed by atoms with van der Waals surface area (Å²) in [5.74, 6) is -1.43. The van der Waals surface area contributed by atoms with Crippen LogP contribution in [0.4, 0.5) is 4.79 Å². The summed E-state index contributed by atoms with van der Waals surface area (Å²) in [6.45, 7) is 7.72. The van der Waals surface area contributed by atoms with E-state index in [4.69, 9.17) is 9.47 Å². The van der Waals surface area contributed by atoms with Crippen molar-refractivity contribution in [2.45, 2.75) is 58.0 Å². The lowest BCUT2D eigenvalue weighted by atomic mass is 10.2. The van der Waals surface area contributed by atoms with Gasteiger partial charge in [0.2, 0.25) is 5.91 Å². The Morgan fingerprint density at radius 2 is 1.96 bits per heavy atom. The number of nitrogens with zero attached hydrogens (tertiary/aromatic N) is 1. The van der Waals surface area contributed by atoms with Gasteiger partial charge in [-0.25, -0.2) is 9.59 Å². The fraction of sp³-hybridized carbons (Fsp3) is 0.800. The Hall–Kier alpha value is -1.87. The molecule has 1 aliphatic heterocycles. The Balaban J connectivity index is 2.93.